The summed E-state index contributed by atoms with van der Waals surface area (Å²) in [5.74, 6) is 0.846. The first-order valence-electron chi connectivity index (χ1n) is 9.54. The van der Waals surface area contributed by atoms with Gasteiger partial charge in [-0.15, -0.1) is 11.8 Å². The van der Waals surface area contributed by atoms with Crippen molar-refractivity contribution >= 4 is 11.8 Å². The number of hydrogen-bond donors (Lipinski definition) is 4. The van der Waals surface area contributed by atoms with Gasteiger partial charge in [0.15, 0.2) is 0 Å². The van der Waals surface area contributed by atoms with Crippen molar-refractivity contribution in [1.29, 1.82) is 0 Å². The lowest BCUT2D eigenvalue weighted by atomic mass is 10.0. The summed E-state index contributed by atoms with van der Waals surface area (Å²) in [5, 5.41) is 38.6. The van der Waals surface area contributed by atoms with E-state index in [-0.39, 0.29) is 6.61 Å². The van der Waals surface area contributed by atoms with E-state index in [9.17, 15) is 15.3 Å². The highest BCUT2D eigenvalue weighted by atomic mass is 32.2. The Hall–Kier alpha value is 0.150. The molecule has 1 aliphatic rings. The van der Waals surface area contributed by atoms with Crippen LogP contribution < -0.4 is 0 Å². The highest BCUT2D eigenvalue weighted by Gasteiger charge is 2.43. The minimum absolute atomic E-state index is 0.361. The van der Waals surface area contributed by atoms with Crippen molar-refractivity contribution in [3.05, 3.63) is 0 Å². The van der Waals surface area contributed by atoms with Crippen LogP contribution in [0.25, 0.3) is 0 Å². The van der Waals surface area contributed by atoms with Crippen LogP contribution in [0.15, 0.2) is 0 Å². The van der Waals surface area contributed by atoms with Crippen LogP contribution >= 0.6 is 11.8 Å². The van der Waals surface area contributed by atoms with Crippen molar-refractivity contribution in [2.75, 3.05) is 12.4 Å². The van der Waals surface area contributed by atoms with Crippen LogP contribution in [0.4, 0.5) is 0 Å². The first-order chi connectivity index (χ1) is 11.6. The quantitative estimate of drug-likeness (QED) is 0.375. The van der Waals surface area contributed by atoms with E-state index >= 15 is 0 Å². The molecule has 0 aromatic carbocycles. The summed E-state index contributed by atoms with van der Waals surface area (Å²) in [5.41, 5.74) is -0.584. The third kappa shape index (κ3) is 8.02. The predicted molar refractivity (Wildman–Crippen MR) is 98.1 cm³/mol. The normalized spacial score (nSPS) is 30.6. The van der Waals surface area contributed by atoms with Crippen molar-refractivity contribution in [1.82, 2.24) is 0 Å². The number of aliphatic hydroxyl groups is 4. The van der Waals surface area contributed by atoms with Crippen LogP contribution in [0.1, 0.15) is 71.1 Å². The number of rotatable bonds is 13. The molecule has 5 nitrogen and oxygen atoms in total. The van der Waals surface area contributed by atoms with E-state index in [1.165, 1.54) is 69.5 Å². The van der Waals surface area contributed by atoms with E-state index in [4.69, 9.17) is 9.84 Å². The standard InChI is InChI=1S/C18H36O5S/c1-2-3-4-5-6-7-8-9-10-11-12-24-18-17(22)16(21)15(20)14(13-19)23-18/h14-22H,2-13H2,1H3/t14-,15+,16+,17-,18+/m1/s1. The third-order valence-electron chi connectivity index (χ3n) is 4.63. The third-order valence-corrected chi connectivity index (χ3v) is 5.87. The summed E-state index contributed by atoms with van der Waals surface area (Å²) in [6, 6.07) is 0. The zero-order valence-electron chi connectivity index (χ0n) is 15.0. The van der Waals surface area contributed by atoms with Gasteiger partial charge < -0.3 is 25.2 Å². The summed E-state index contributed by atoms with van der Waals surface area (Å²) in [4.78, 5) is 0. The lowest BCUT2D eigenvalue weighted by Crippen LogP contribution is -2.57. The smallest absolute Gasteiger partial charge is 0.132 e. The van der Waals surface area contributed by atoms with E-state index in [1.54, 1.807) is 0 Å². The number of ether oxygens (including phenoxy) is 1. The molecule has 0 amide bonds. The Morgan fingerprint density at radius 3 is 1.83 bits per heavy atom. The van der Waals surface area contributed by atoms with Crippen LogP contribution in [0.3, 0.4) is 0 Å². The number of aliphatic hydroxyl groups excluding tert-OH is 4. The largest absolute Gasteiger partial charge is 0.394 e. The van der Waals surface area contributed by atoms with Crippen LogP contribution in [-0.4, -0.2) is 62.6 Å². The molecule has 0 unspecified atom stereocenters. The van der Waals surface area contributed by atoms with Gasteiger partial charge >= 0.3 is 0 Å². The van der Waals surface area contributed by atoms with Gasteiger partial charge in [-0.05, 0) is 12.2 Å². The molecule has 1 heterocycles. The Balaban J connectivity index is 2.02. The van der Waals surface area contributed by atoms with Crippen molar-refractivity contribution in [2.45, 2.75) is 101 Å². The van der Waals surface area contributed by atoms with E-state index in [0.29, 0.717) is 0 Å². The lowest BCUT2D eigenvalue weighted by Gasteiger charge is -2.39. The van der Waals surface area contributed by atoms with Gasteiger partial charge in [0.2, 0.25) is 0 Å². The zero-order valence-corrected chi connectivity index (χ0v) is 15.8. The SMILES string of the molecule is CCCCCCCCCCCCS[C@@H]1O[C@H](CO)[C@H](O)[C@H](O)[C@H]1O. The Bertz CT molecular complexity index is 303. The van der Waals surface area contributed by atoms with Crippen LogP contribution in [0, 0.1) is 0 Å². The molecular weight excluding hydrogens is 328 g/mol. The molecule has 6 heteroatoms. The van der Waals surface area contributed by atoms with Gasteiger partial charge in [-0.3, -0.25) is 0 Å². The summed E-state index contributed by atoms with van der Waals surface area (Å²) in [6.45, 7) is 1.88. The Labute approximate surface area is 150 Å². The average molecular weight is 365 g/mol. The van der Waals surface area contributed by atoms with E-state index in [1.807, 2.05) is 0 Å². The highest BCUT2D eigenvalue weighted by molar-refractivity contribution is 7.99. The maximum absolute atomic E-state index is 9.95. The molecule has 0 bridgehead atoms. The molecule has 4 N–H and O–H groups in total. The number of hydrogen-bond acceptors (Lipinski definition) is 6. The molecule has 144 valence electrons. The van der Waals surface area contributed by atoms with E-state index in [2.05, 4.69) is 6.92 Å². The Morgan fingerprint density at radius 1 is 0.750 bits per heavy atom. The van der Waals surface area contributed by atoms with Gasteiger partial charge in [-0.25, -0.2) is 0 Å². The molecule has 0 aromatic heterocycles. The monoisotopic (exact) mass is 364 g/mol. The van der Waals surface area contributed by atoms with Crippen LogP contribution in [-0.2, 0) is 4.74 Å². The van der Waals surface area contributed by atoms with Gasteiger partial charge in [-0.1, -0.05) is 64.7 Å². The second kappa shape index (κ2) is 13.4. The van der Waals surface area contributed by atoms with Gasteiger partial charge in [0, 0.05) is 0 Å². The summed E-state index contributed by atoms with van der Waals surface area (Å²) in [7, 11) is 0. The molecule has 1 rings (SSSR count). The molecule has 0 aromatic rings. The van der Waals surface area contributed by atoms with Crippen molar-refractivity contribution in [3.63, 3.8) is 0 Å². The fourth-order valence-electron chi connectivity index (χ4n) is 2.99. The van der Waals surface area contributed by atoms with Gasteiger partial charge in [0.05, 0.1) is 6.61 Å². The van der Waals surface area contributed by atoms with Crippen LogP contribution in [0.2, 0.25) is 0 Å². The fourth-order valence-corrected chi connectivity index (χ4v) is 4.18. The van der Waals surface area contributed by atoms with Crippen molar-refractivity contribution in [3.8, 4) is 0 Å². The first kappa shape index (κ1) is 22.2. The number of thioether (sulfide) groups is 1. The topological polar surface area (TPSA) is 90.2 Å². The van der Waals surface area contributed by atoms with Crippen molar-refractivity contribution in [2.24, 2.45) is 0 Å². The first-order valence-corrected chi connectivity index (χ1v) is 10.6. The minimum Gasteiger partial charge on any atom is -0.394 e. The van der Waals surface area contributed by atoms with Gasteiger partial charge in [0.25, 0.3) is 0 Å². The molecule has 0 aliphatic carbocycles. The molecule has 24 heavy (non-hydrogen) atoms. The molecule has 1 aliphatic heterocycles. The minimum atomic E-state index is -1.26. The lowest BCUT2D eigenvalue weighted by molar-refractivity contribution is -0.205. The second-order valence-electron chi connectivity index (χ2n) is 6.75. The Kier molecular flexibility index (Phi) is 12.4. The Morgan fingerprint density at radius 2 is 1.29 bits per heavy atom. The molecule has 1 saturated heterocycles. The molecular formula is C18H36O5S. The summed E-state index contributed by atoms with van der Waals surface area (Å²) in [6.07, 6.45) is 8.36. The summed E-state index contributed by atoms with van der Waals surface area (Å²) >= 11 is 1.45. The molecule has 0 spiro atoms. The molecule has 1 fully saturated rings. The molecule has 0 radical (unpaired) electrons. The van der Waals surface area contributed by atoms with E-state index in [0.717, 1.165) is 12.2 Å². The molecule has 0 saturated carbocycles. The number of unbranched alkanes of at least 4 members (excludes halogenated alkanes) is 9. The van der Waals surface area contributed by atoms with Gasteiger partial charge in [-0.2, -0.15) is 0 Å². The second-order valence-corrected chi connectivity index (χ2v) is 7.96. The maximum atomic E-state index is 9.95. The zero-order chi connectivity index (χ0) is 17.8. The van der Waals surface area contributed by atoms with Crippen molar-refractivity contribution < 1.29 is 25.2 Å². The predicted octanol–water partition coefficient (Wildman–Crippen LogP) is 2.44. The average Bonchev–Trinajstić information content (AvgIpc) is 2.59. The van der Waals surface area contributed by atoms with E-state index < -0.39 is 29.9 Å². The van der Waals surface area contributed by atoms with Crippen LogP contribution in [0.5, 0.6) is 0 Å². The molecule has 5 atom stereocenters. The highest BCUT2D eigenvalue weighted by Crippen LogP contribution is 2.29. The summed E-state index contributed by atoms with van der Waals surface area (Å²) < 4.78 is 5.48. The van der Waals surface area contributed by atoms with Gasteiger partial charge in [0.1, 0.15) is 29.9 Å². The maximum Gasteiger partial charge on any atom is 0.132 e. The fraction of sp³-hybridized carbons (Fsp3) is 1.00.